The van der Waals surface area contributed by atoms with Gasteiger partial charge in [0.25, 0.3) is 0 Å². The standard InChI is InChI=1S/C34H49FS2/c1-3-5-7-8-10-11-26-13-15-28(16-14-26)31-21-22-32(33(35)23-31)29-17-19-30(20-18-29)34-36-24-27(25-37-34)12-9-6-4-2/h17-23,26-28,34H,3-16,24-25H2,1-2H3/t26?,27-,28?,34-. The molecular weight excluding hydrogens is 492 g/mol. The van der Waals surface area contributed by atoms with E-state index in [2.05, 4.69) is 67.7 Å². The number of halogens is 1. The summed E-state index contributed by atoms with van der Waals surface area (Å²) < 4.78 is 15.8. The molecule has 0 atom stereocenters. The summed E-state index contributed by atoms with van der Waals surface area (Å²) in [7, 11) is 0. The summed E-state index contributed by atoms with van der Waals surface area (Å²) >= 11 is 4.20. The van der Waals surface area contributed by atoms with E-state index >= 15 is 4.39 Å². The second-order valence-electron chi connectivity index (χ2n) is 11.6. The molecule has 3 heteroatoms. The Bertz CT molecular complexity index is 908. The molecule has 204 valence electrons. The quantitative estimate of drug-likeness (QED) is 0.232. The van der Waals surface area contributed by atoms with Crippen LogP contribution in [-0.4, -0.2) is 11.5 Å². The largest absolute Gasteiger partial charge is 0.206 e. The molecule has 2 aliphatic rings. The van der Waals surface area contributed by atoms with E-state index in [1.54, 1.807) is 0 Å². The summed E-state index contributed by atoms with van der Waals surface area (Å²) in [6.45, 7) is 4.57. The molecule has 1 heterocycles. The van der Waals surface area contributed by atoms with Gasteiger partial charge >= 0.3 is 0 Å². The first kappa shape index (κ1) is 29.1. The highest BCUT2D eigenvalue weighted by atomic mass is 32.2. The minimum absolute atomic E-state index is 0.0559. The minimum Gasteiger partial charge on any atom is -0.206 e. The Morgan fingerprint density at radius 2 is 1.27 bits per heavy atom. The van der Waals surface area contributed by atoms with Crippen LogP contribution in [0.2, 0.25) is 0 Å². The molecule has 1 aliphatic carbocycles. The molecule has 2 fully saturated rings. The first-order chi connectivity index (χ1) is 18.2. The lowest BCUT2D eigenvalue weighted by Crippen LogP contribution is -2.14. The predicted octanol–water partition coefficient (Wildman–Crippen LogP) is 11.8. The van der Waals surface area contributed by atoms with Crippen LogP contribution in [0.15, 0.2) is 42.5 Å². The molecule has 2 aromatic carbocycles. The van der Waals surface area contributed by atoms with Crippen LogP contribution in [-0.2, 0) is 0 Å². The van der Waals surface area contributed by atoms with Crippen molar-refractivity contribution in [3.63, 3.8) is 0 Å². The third-order valence-electron chi connectivity index (χ3n) is 8.70. The van der Waals surface area contributed by atoms with E-state index in [1.807, 2.05) is 12.1 Å². The molecular formula is C34H49FS2. The molecule has 0 amide bonds. The van der Waals surface area contributed by atoms with Gasteiger partial charge in [0.05, 0.1) is 4.58 Å². The van der Waals surface area contributed by atoms with Gasteiger partial charge < -0.3 is 0 Å². The zero-order valence-corrected chi connectivity index (χ0v) is 25.0. The van der Waals surface area contributed by atoms with Gasteiger partial charge in [0.2, 0.25) is 0 Å². The molecule has 0 unspecified atom stereocenters. The maximum atomic E-state index is 15.3. The lowest BCUT2D eigenvalue weighted by molar-refractivity contribution is 0.301. The van der Waals surface area contributed by atoms with Gasteiger partial charge in [0.15, 0.2) is 0 Å². The van der Waals surface area contributed by atoms with Gasteiger partial charge in [0, 0.05) is 5.56 Å². The van der Waals surface area contributed by atoms with Crippen LogP contribution in [0, 0.1) is 17.7 Å². The summed E-state index contributed by atoms with van der Waals surface area (Å²) in [5, 5.41) is 0. The molecule has 1 saturated heterocycles. The summed E-state index contributed by atoms with van der Waals surface area (Å²) in [5.74, 6) is 4.80. The Kier molecular flexibility index (Phi) is 12.3. The van der Waals surface area contributed by atoms with Gasteiger partial charge in [-0.15, -0.1) is 23.5 Å². The molecule has 0 bridgehead atoms. The number of hydrogen-bond donors (Lipinski definition) is 0. The average Bonchev–Trinajstić information content (AvgIpc) is 2.94. The van der Waals surface area contributed by atoms with Crippen LogP contribution < -0.4 is 0 Å². The van der Waals surface area contributed by atoms with Crippen LogP contribution in [0.3, 0.4) is 0 Å². The van der Waals surface area contributed by atoms with E-state index in [1.165, 1.54) is 113 Å². The minimum atomic E-state index is -0.0559. The van der Waals surface area contributed by atoms with E-state index in [-0.39, 0.29) is 5.82 Å². The molecule has 0 N–H and O–H groups in total. The number of unbranched alkanes of at least 4 members (excludes halogenated alkanes) is 6. The highest BCUT2D eigenvalue weighted by Gasteiger charge is 2.24. The maximum Gasteiger partial charge on any atom is 0.131 e. The van der Waals surface area contributed by atoms with Crippen molar-refractivity contribution in [3.05, 3.63) is 59.4 Å². The molecule has 0 spiro atoms. The molecule has 0 radical (unpaired) electrons. The van der Waals surface area contributed by atoms with Gasteiger partial charge in [-0.2, -0.15) is 0 Å². The number of thioether (sulfide) groups is 2. The highest BCUT2D eigenvalue weighted by molar-refractivity contribution is 8.16. The van der Waals surface area contributed by atoms with Crippen LogP contribution in [0.25, 0.3) is 11.1 Å². The summed E-state index contributed by atoms with van der Waals surface area (Å²) in [5.41, 5.74) is 4.34. The van der Waals surface area contributed by atoms with E-state index in [0.717, 1.165) is 23.0 Å². The first-order valence-corrected chi connectivity index (χ1v) is 17.4. The fraction of sp³-hybridized carbons (Fsp3) is 0.647. The van der Waals surface area contributed by atoms with Crippen LogP contribution in [0.4, 0.5) is 4.39 Å². The Balaban J connectivity index is 1.26. The number of benzene rings is 2. The van der Waals surface area contributed by atoms with Crippen molar-refractivity contribution in [2.24, 2.45) is 11.8 Å². The van der Waals surface area contributed by atoms with Crippen molar-refractivity contribution >= 4 is 23.5 Å². The first-order valence-electron chi connectivity index (χ1n) is 15.3. The topological polar surface area (TPSA) is 0 Å². The third-order valence-corrected chi connectivity index (χ3v) is 12.0. The normalized spacial score (nSPS) is 24.3. The second-order valence-corrected chi connectivity index (χ2v) is 14.2. The fourth-order valence-electron chi connectivity index (χ4n) is 6.25. The molecule has 37 heavy (non-hydrogen) atoms. The predicted molar refractivity (Wildman–Crippen MR) is 165 cm³/mol. The third kappa shape index (κ3) is 8.79. The Labute approximate surface area is 235 Å². The van der Waals surface area contributed by atoms with Gasteiger partial charge in [0.1, 0.15) is 5.82 Å². The zero-order valence-electron chi connectivity index (χ0n) is 23.4. The van der Waals surface area contributed by atoms with Crippen molar-refractivity contribution in [1.29, 1.82) is 0 Å². The Morgan fingerprint density at radius 1 is 0.676 bits per heavy atom. The zero-order chi connectivity index (χ0) is 25.9. The van der Waals surface area contributed by atoms with E-state index < -0.39 is 0 Å². The highest BCUT2D eigenvalue weighted by Crippen LogP contribution is 2.47. The lowest BCUT2D eigenvalue weighted by atomic mass is 9.77. The molecule has 0 aromatic heterocycles. The summed E-state index contributed by atoms with van der Waals surface area (Å²) in [4.78, 5) is 0. The van der Waals surface area contributed by atoms with Crippen LogP contribution in [0.1, 0.15) is 125 Å². The van der Waals surface area contributed by atoms with Crippen molar-refractivity contribution in [2.75, 3.05) is 11.5 Å². The number of rotatable bonds is 13. The number of hydrogen-bond acceptors (Lipinski definition) is 2. The monoisotopic (exact) mass is 540 g/mol. The molecule has 4 rings (SSSR count). The van der Waals surface area contributed by atoms with Crippen LogP contribution in [0.5, 0.6) is 0 Å². The van der Waals surface area contributed by atoms with Gasteiger partial charge in [-0.3, -0.25) is 0 Å². The average molecular weight is 541 g/mol. The maximum absolute atomic E-state index is 15.3. The van der Waals surface area contributed by atoms with Crippen molar-refractivity contribution in [1.82, 2.24) is 0 Å². The molecule has 1 saturated carbocycles. The van der Waals surface area contributed by atoms with Crippen molar-refractivity contribution < 1.29 is 4.39 Å². The molecule has 2 aromatic rings. The SMILES string of the molecule is CCCCCCCC1CCC(c2ccc(-c3ccc([C@H]4SC[C@H](CCCCC)CS4)cc3)c(F)c2)CC1. The summed E-state index contributed by atoms with van der Waals surface area (Å²) in [6, 6.07) is 14.8. The Hall–Kier alpha value is -0.930. The van der Waals surface area contributed by atoms with E-state index in [0.29, 0.717) is 10.5 Å². The van der Waals surface area contributed by atoms with Crippen molar-refractivity contribution in [2.45, 2.75) is 114 Å². The smallest absolute Gasteiger partial charge is 0.131 e. The van der Waals surface area contributed by atoms with Gasteiger partial charge in [-0.25, -0.2) is 4.39 Å². The fourth-order valence-corrected chi connectivity index (χ4v) is 9.41. The van der Waals surface area contributed by atoms with Crippen molar-refractivity contribution in [3.8, 4) is 11.1 Å². The molecule has 0 nitrogen and oxygen atoms in total. The van der Waals surface area contributed by atoms with Crippen LogP contribution >= 0.6 is 23.5 Å². The lowest BCUT2D eigenvalue weighted by Gasteiger charge is -2.29. The Morgan fingerprint density at radius 3 is 1.95 bits per heavy atom. The second kappa shape index (κ2) is 15.6. The van der Waals surface area contributed by atoms with Gasteiger partial charge in [-0.05, 0) is 84.1 Å². The van der Waals surface area contributed by atoms with E-state index in [4.69, 9.17) is 0 Å². The summed E-state index contributed by atoms with van der Waals surface area (Å²) in [6.07, 6.45) is 18.8. The van der Waals surface area contributed by atoms with E-state index in [9.17, 15) is 0 Å². The molecule has 1 aliphatic heterocycles. The van der Waals surface area contributed by atoms with Gasteiger partial charge in [-0.1, -0.05) is 108 Å².